The fraction of sp³-hybridized carbons (Fsp3) is 0.409. The molecule has 1 fully saturated rings. The summed E-state index contributed by atoms with van der Waals surface area (Å²) >= 11 is 0. The third-order valence-corrected chi connectivity index (χ3v) is 5.21. The molecule has 1 saturated heterocycles. The predicted octanol–water partition coefficient (Wildman–Crippen LogP) is 3.49. The number of hydrogen-bond donors (Lipinski definition) is 0. The molecular weight excluding hydrogens is 395 g/mol. The van der Waals surface area contributed by atoms with Gasteiger partial charge in [0.2, 0.25) is 5.91 Å². The molecule has 162 valence electrons. The van der Waals surface area contributed by atoms with Crippen LogP contribution < -0.4 is 9.64 Å². The van der Waals surface area contributed by atoms with E-state index in [1.165, 1.54) is 12.1 Å². The van der Waals surface area contributed by atoms with Gasteiger partial charge < -0.3 is 14.5 Å². The fourth-order valence-electron chi connectivity index (χ4n) is 3.50. The van der Waals surface area contributed by atoms with Crippen molar-refractivity contribution < 1.29 is 22.7 Å². The number of anilines is 1. The van der Waals surface area contributed by atoms with E-state index in [2.05, 4.69) is 4.90 Å². The second-order valence-electron chi connectivity index (χ2n) is 7.43. The molecule has 0 N–H and O–H groups in total. The fourth-order valence-corrected chi connectivity index (χ4v) is 3.50. The van der Waals surface area contributed by atoms with Crippen molar-refractivity contribution in [3.63, 3.8) is 0 Å². The lowest BCUT2D eigenvalue weighted by Gasteiger charge is -2.36. The zero-order valence-corrected chi connectivity index (χ0v) is 17.2. The molecule has 0 aliphatic carbocycles. The van der Waals surface area contributed by atoms with Gasteiger partial charge in [-0.2, -0.15) is 13.2 Å². The molecule has 0 aromatic heterocycles. The van der Waals surface area contributed by atoms with Gasteiger partial charge in [0.05, 0.1) is 19.2 Å². The lowest BCUT2D eigenvalue weighted by atomic mass is 10.1. The molecule has 0 spiro atoms. The lowest BCUT2D eigenvalue weighted by Crippen LogP contribution is -2.51. The molecule has 2 aromatic carbocycles. The van der Waals surface area contributed by atoms with Gasteiger partial charge in [-0.05, 0) is 49.0 Å². The maximum absolute atomic E-state index is 12.7. The number of amides is 1. The molecule has 0 atom stereocenters. The third kappa shape index (κ3) is 5.66. The van der Waals surface area contributed by atoms with Gasteiger partial charge in [0, 0.05) is 38.4 Å². The summed E-state index contributed by atoms with van der Waals surface area (Å²) in [5.41, 5.74) is 1.17. The first-order valence-electron chi connectivity index (χ1n) is 9.78. The average Bonchev–Trinajstić information content (AvgIpc) is 2.73. The van der Waals surface area contributed by atoms with Crippen LogP contribution in [0.4, 0.5) is 18.9 Å². The molecular formula is C22H26F3N3O2. The number of piperazine rings is 1. The first kappa shape index (κ1) is 22.0. The minimum atomic E-state index is -4.34. The van der Waals surface area contributed by atoms with Gasteiger partial charge in [-0.15, -0.1) is 0 Å². The summed E-state index contributed by atoms with van der Waals surface area (Å²) in [6.07, 6.45) is -4.34. The van der Waals surface area contributed by atoms with Gasteiger partial charge in [0.1, 0.15) is 5.75 Å². The van der Waals surface area contributed by atoms with Crippen molar-refractivity contribution in [1.29, 1.82) is 0 Å². The van der Waals surface area contributed by atoms with Crippen LogP contribution in [-0.2, 0) is 17.5 Å². The maximum Gasteiger partial charge on any atom is 0.416 e. The molecule has 2 aromatic rings. The summed E-state index contributed by atoms with van der Waals surface area (Å²) < 4.78 is 43.2. The van der Waals surface area contributed by atoms with Gasteiger partial charge in [-0.3, -0.25) is 9.69 Å². The number of carbonyl (C=O) groups excluding carboxylic acids is 1. The molecule has 1 amide bonds. The van der Waals surface area contributed by atoms with Crippen molar-refractivity contribution in [2.45, 2.75) is 12.7 Å². The molecule has 0 radical (unpaired) electrons. The van der Waals surface area contributed by atoms with E-state index < -0.39 is 11.7 Å². The van der Waals surface area contributed by atoms with Crippen molar-refractivity contribution in [3.05, 3.63) is 59.7 Å². The van der Waals surface area contributed by atoms with E-state index in [-0.39, 0.29) is 12.5 Å². The molecule has 30 heavy (non-hydrogen) atoms. The molecule has 0 unspecified atom stereocenters. The minimum absolute atomic E-state index is 0.0267. The Hall–Kier alpha value is -2.74. The second-order valence-corrected chi connectivity index (χ2v) is 7.43. The van der Waals surface area contributed by atoms with E-state index in [1.54, 1.807) is 14.2 Å². The van der Waals surface area contributed by atoms with Gasteiger partial charge in [0.25, 0.3) is 0 Å². The van der Waals surface area contributed by atoms with Crippen LogP contribution in [0.2, 0.25) is 0 Å². The Morgan fingerprint density at radius 1 is 1.00 bits per heavy atom. The van der Waals surface area contributed by atoms with Crippen LogP contribution in [0.3, 0.4) is 0 Å². The highest BCUT2D eigenvalue weighted by atomic mass is 19.4. The predicted molar refractivity (Wildman–Crippen MR) is 110 cm³/mol. The van der Waals surface area contributed by atoms with Crippen LogP contribution in [0, 0.1) is 0 Å². The van der Waals surface area contributed by atoms with Crippen molar-refractivity contribution in [3.8, 4) is 5.75 Å². The minimum Gasteiger partial charge on any atom is -0.497 e. The number of likely N-dealkylation sites (N-methyl/N-ethyl adjacent to an activating group) is 1. The van der Waals surface area contributed by atoms with Gasteiger partial charge in [-0.1, -0.05) is 12.1 Å². The number of methoxy groups -OCH3 is 1. The molecule has 3 rings (SSSR count). The number of hydrogen-bond acceptors (Lipinski definition) is 4. The van der Waals surface area contributed by atoms with Crippen LogP contribution in [0.15, 0.2) is 48.5 Å². The van der Waals surface area contributed by atoms with E-state index in [4.69, 9.17) is 4.74 Å². The smallest absolute Gasteiger partial charge is 0.416 e. The van der Waals surface area contributed by atoms with Crippen LogP contribution >= 0.6 is 0 Å². The zero-order chi connectivity index (χ0) is 21.7. The van der Waals surface area contributed by atoms with Crippen molar-refractivity contribution >= 4 is 11.6 Å². The average molecular weight is 421 g/mol. The number of ether oxygens (including phenoxy) is 1. The number of benzene rings is 2. The van der Waals surface area contributed by atoms with Crippen LogP contribution in [0.5, 0.6) is 5.75 Å². The summed E-state index contributed by atoms with van der Waals surface area (Å²) in [5.74, 6) is 0.836. The summed E-state index contributed by atoms with van der Waals surface area (Å²) in [6, 6.07) is 12.9. The quantitative estimate of drug-likeness (QED) is 0.716. The van der Waals surface area contributed by atoms with E-state index in [0.29, 0.717) is 19.6 Å². The monoisotopic (exact) mass is 421 g/mol. The highest BCUT2D eigenvalue weighted by Gasteiger charge is 2.30. The highest BCUT2D eigenvalue weighted by molar-refractivity contribution is 5.78. The topological polar surface area (TPSA) is 36.0 Å². The summed E-state index contributed by atoms with van der Waals surface area (Å²) in [6.45, 7) is 3.42. The summed E-state index contributed by atoms with van der Waals surface area (Å²) in [5, 5.41) is 0. The Kier molecular flexibility index (Phi) is 6.87. The van der Waals surface area contributed by atoms with E-state index >= 15 is 0 Å². The number of rotatable bonds is 6. The zero-order valence-electron chi connectivity index (χ0n) is 17.2. The summed E-state index contributed by atoms with van der Waals surface area (Å²) in [4.78, 5) is 18.5. The number of halogens is 3. The second kappa shape index (κ2) is 9.38. The number of alkyl halides is 3. The molecule has 1 heterocycles. The van der Waals surface area contributed by atoms with E-state index in [9.17, 15) is 18.0 Å². The van der Waals surface area contributed by atoms with Gasteiger partial charge >= 0.3 is 6.18 Å². The Bertz CT molecular complexity index is 830. The molecule has 8 heteroatoms. The largest absolute Gasteiger partial charge is 0.497 e. The van der Waals surface area contributed by atoms with Crippen LogP contribution in [-0.4, -0.2) is 62.6 Å². The maximum atomic E-state index is 12.7. The SMILES string of the molecule is COc1ccc(N2CCN(C(=O)CN(C)Cc3ccc(C(F)(F)F)cc3)CC2)cc1. The van der Waals surface area contributed by atoms with Crippen molar-refractivity contribution in [2.75, 3.05) is 51.8 Å². The van der Waals surface area contributed by atoms with Gasteiger partial charge in [0.15, 0.2) is 0 Å². The molecule has 1 aliphatic rings. The van der Waals surface area contributed by atoms with E-state index in [1.807, 2.05) is 34.1 Å². The summed E-state index contributed by atoms with van der Waals surface area (Å²) in [7, 11) is 3.43. The Morgan fingerprint density at radius 3 is 2.13 bits per heavy atom. The first-order chi connectivity index (χ1) is 14.3. The normalized spacial score (nSPS) is 14.9. The molecule has 0 bridgehead atoms. The van der Waals surface area contributed by atoms with Crippen molar-refractivity contribution in [2.24, 2.45) is 0 Å². The standard InChI is InChI=1S/C22H26F3N3O2/c1-26(15-17-3-5-18(6-4-17)22(23,24)25)16-21(29)28-13-11-27(12-14-28)19-7-9-20(30-2)10-8-19/h3-10H,11-16H2,1-2H3. The van der Waals surface area contributed by atoms with E-state index in [0.717, 1.165) is 42.2 Å². The Balaban J connectivity index is 1.46. The van der Waals surface area contributed by atoms with Crippen LogP contribution in [0.1, 0.15) is 11.1 Å². The third-order valence-electron chi connectivity index (χ3n) is 5.21. The number of carbonyl (C=O) groups is 1. The lowest BCUT2D eigenvalue weighted by molar-refractivity contribution is -0.137. The number of nitrogens with zero attached hydrogens (tertiary/aromatic N) is 3. The van der Waals surface area contributed by atoms with Crippen LogP contribution in [0.25, 0.3) is 0 Å². The first-order valence-corrected chi connectivity index (χ1v) is 9.78. The molecule has 5 nitrogen and oxygen atoms in total. The Labute approximate surface area is 174 Å². The highest BCUT2D eigenvalue weighted by Crippen LogP contribution is 2.29. The Morgan fingerprint density at radius 2 is 1.60 bits per heavy atom. The molecule has 0 saturated carbocycles. The van der Waals surface area contributed by atoms with Crippen molar-refractivity contribution in [1.82, 2.24) is 9.80 Å². The van der Waals surface area contributed by atoms with Gasteiger partial charge in [-0.25, -0.2) is 0 Å². The molecule has 1 aliphatic heterocycles.